The monoisotopic (exact) mass is 590 g/mol. The van der Waals surface area contributed by atoms with E-state index in [4.69, 9.17) is 9.47 Å². The maximum Gasteiger partial charge on any atom is 0.269 e. The molecule has 0 spiro atoms. The fourth-order valence-corrected chi connectivity index (χ4v) is 4.80. The number of nitro benzene ring substituents is 1. The van der Waals surface area contributed by atoms with E-state index in [1.807, 2.05) is 37.3 Å². The number of amides is 1. The van der Waals surface area contributed by atoms with Gasteiger partial charge >= 0.3 is 0 Å². The van der Waals surface area contributed by atoms with Crippen molar-refractivity contribution in [1.82, 2.24) is 4.90 Å². The number of benzene rings is 3. The van der Waals surface area contributed by atoms with Gasteiger partial charge in [-0.25, -0.2) is 0 Å². The van der Waals surface area contributed by atoms with Crippen molar-refractivity contribution in [3.8, 4) is 17.6 Å². The predicted molar refractivity (Wildman–Crippen MR) is 152 cm³/mol. The number of halogens is 1. The van der Waals surface area contributed by atoms with Crippen LogP contribution in [0.25, 0.3) is 6.08 Å². The molecule has 0 saturated carbocycles. The predicted octanol–water partition coefficient (Wildman–Crippen LogP) is 5.59. The molecule has 0 aromatic heterocycles. The second-order valence-corrected chi connectivity index (χ2v) is 9.61. The number of nitro groups is 1. The highest BCUT2D eigenvalue weighted by Crippen LogP contribution is 2.38. The molecule has 10 heteroatoms. The summed E-state index contributed by atoms with van der Waals surface area (Å²) in [5.41, 5.74) is 2.53. The van der Waals surface area contributed by atoms with Gasteiger partial charge in [-0.2, -0.15) is 5.26 Å². The van der Waals surface area contributed by atoms with Crippen LogP contribution in [-0.2, 0) is 11.4 Å². The first-order valence-corrected chi connectivity index (χ1v) is 13.2. The minimum absolute atomic E-state index is 0.00648. The molecule has 3 aromatic carbocycles. The number of nitrogens with zero attached hydrogens (tertiary/aromatic N) is 4. The molecule has 1 saturated heterocycles. The average molecular weight is 591 g/mol. The van der Waals surface area contributed by atoms with Crippen molar-refractivity contribution in [3.05, 3.63) is 98.0 Å². The molecule has 1 heterocycles. The zero-order valence-corrected chi connectivity index (χ0v) is 23.0. The second kappa shape index (κ2) is 12.9. The largest absolute Gasteiger partial charge is 0.490 e. The summed E-state index contributed by atoms with van der Waals surface area (Å²) in [6.07, 6.45) is 1.55. The SMILES string of the molecule is CCOc1cc(/C=C(/C#N)C(=O)N2CCN(c3ccccc3)CC2)cc(Br)c1OCc1ccc([N+](=O)[O-])cc1. The number of ether oxygens (including phenoxy) is 2. The zero-order chi connectivity index (χ0) is 27.8. The Morgan fingerprint density at radius 2 is 1.77 bits per heavy atom. The van der Waals surface area contributed by atoms with Gasteiger partial charge in [-0.1, -0.05) is 18.2 Å². The highest BCUT2D eigenvalue weighted by atomic mass is 79.9. The molecule has 0 aliphatic carbocycles. The Labute approximate surface area is 235 Å². The first-order valence-electron chi connectivity index (χ1n) is 12.4. The summed E-state index contributed by atoms with van der Waals surface area (Å²) in [4.78, 5) is 27.5. The van der Waals surface area contributed by atoms with Crippen molar-refractivity contribution in [2.75, 3.05) is 37.7 Å². The van der Waals surface area contributed by atoms with E-state index >= 15 is 0 Å². The molecule has 9 nitrogen and oxygen atoms in total. The van der Waals surface area contributed by atoms with Crippen LogP contribution in [0.2, 0.25) is 0 Å². The van der Waals surface area contributed by atoms with E-state index in [0.717, 1.165) is 11.3 Å². The molecule has 0 bridgehead atoms. The Balaban J connectivity index is 1.47. The van der Waals surface area contributed by atoms with Crippen LogP contribution < -0.4 is 14.4 Å². The lowest BCUT2D eigenvalue weighted by Crippen LogP contribution is -2.49. The maximum atomic E-state index is 13.2. The quantitative estimate of drug-likeness (QED) is 0.138. The highest BCUT2D eigenvalue weighted by molar-refractivity contribution is 9.10. The van der Waals surface area contributed by atoms with E-state index in [-0.39, 0.29) is 23.8 Å². The summed E-state index contributed by atoms with van der Waals surface area (Å²) >= 11 is 3.52. The molecule has 200 valence electrons. The standard InChI is InChI=1S/C29H27BrN4O5/c1-2-38-27-18-22(17-26(30)28(27)39-20-21-8-10-25(11-9-21)34(36)37)16-23(19-31)29(35)33-14-12-32(13-15-33)24-6-4-3-5-7-24/h3-11,16-18H,2,12-15,20H2,1H3/b23-16-. The van der Waals surface area contributed by atoms with E-state index in [0.29, 0.717) is 54.3 Å². The van der Waals surface area contributed by atoms with Gasteiger partial charge < -0.3 is 19.3 Å². The first kappa shape index (κ1) is 27.7. The van der Waals surface area contributed by atoms with Crippen LogP contribution in [-0.4, -0.2) is 48.5 Å². The van der Waals surface area contributed by atoms with Gasteiger partial charge in [-0.05, 0) is 76.5 Å². The van der Waals surface area contributed by atoms with Crippen LogP contribution in [0.3, 0.4) is 0 Å². The minimum Gasteiger partial charge on any atom is -0.490 e. The molecule has 1 fully saturated rings. The number of rotatable bonds is 9. The van der Waals surface area contributed by atoms with Crippen LogP contribution in [0.15, 0.2) is 76.8 Å². The van der Waals surface area contributed by atoms with Crippen LogP contribution >= 0.6 is 15.9 Å². The molecule has 1 aliphatic rings. The summed E-state index contributed by atoms with van der Waals surface area (Å²) in [5, 5.41) is 20.7. The molecule has 0 N–H and O–H groups in total. The lowest BCUT2D eigenvalue weighted by atomic mass is 10.1. The van der Waals surface area contributed by atoms with E-state index in [1.54, 1.807) is 35.2 Å². The van der Waals surface area contributed by atoms with Crippen molar-refractivity contribution in [3.63, 3.8) is 0 Å². The van der Waals surface area contributed by atoms with Gasteiger partial charge in [0.25, 0.3) is 11.6 Å². The number of carbonyl (C=O) groups excluding carboxylic acids is 1. The van der Waals surface area contributed by atoms with E-state index in [9.17, 15) is 20.2 Å². The number of piperazine rings is 1. The second-order valence-electron chi connectivity index (χ2n) is 8.76. The lowest BCUT2D eigenvalue weighted by molar-refractivity contribution is -0.384. The van der Waals surface area contributed by atoms with Crippen molar-refractivity contribution < 1.29 is 19.2 Å². The minimum atomic E-state index is -0.453. The van der Waals surface area contributed by atoms with Crippen molar-refractivity contribution in [2.24, 2.45) is 0 Å². The molecule has 1 amide bonds. The molecule has 1 aliphatic heterocycles. The summed E-state index contributed by atoms with van der Waals surface area (Å²) in [7, 11) is 0. The smallest absolute Gasteiger partial charge is 0.269 e. The molecular weight excluding hydrogens is 564 g/mol. The van der Waals surface area contributed by atoms with Crippen LogP contribution in [0.4, 0.5) is 11.4 Å². The van der Waals surface area contributed by atoms with Crippen molar-refractivity contribution in [1.29, 1.82) is 5.26 Å². The van der Waals surface area contributed by atoms with Crippen LogP contribution in [0, 0.1) is 21.4 Å². The number of para-hydroxylation sites is 1. The van der Waals surface area contributed by atoms with Gasteiger partial charge in [0.2, 0.25) is 0 Å². The Kier molecular flexibility index (Phi) is 9.18. The molecule has 4 rings (SSSR count). The summed E-state index contributed by atoms with van der Waals surface area (Å²) in [6.45, 7) is 4.82. The van der Waals surface area contributed by atoms with E-state index < -0.39 is 4.92 Å². The Bertz CT molecular complexity index is 1400. The number of non-ortho nitro benzene ring substituents is 1. The van der Waals surface area contributed by atoms with Crippen molar-refractivity contribution >= 4 is 39.3 Å². The van der Waals surface area contributed by atoms with Crippen molar-refractivity contribution in [2.45, 2.75) is 13.5 Å². The van der Waals surface area contributed by atoms with Crippen LogP contribution in [0.1, 0.15) is 18.1 Å². The van der Waals surface area contributed by atoms with Gasteiger partial charge in [0.05, 0.1) is 16.0 Å². The van der Waals surface area contributed by atoms with Gasteiger partial charge in [0.15, 0.2) is 11.5 Å². The number of nitriles is 1. The molecule has 0 unspecified atom stereocenters. The van der Waals surface area contributed by atoms with Gasteiger partial charge in [-0.3, -0.25) is 14.9 Å². The topological polar surface area (TPSA) is 109 Å². The number of carbonyl (C=O) groups is 1. The third kappa shape index (κ3) is 6.94. The lowest BCUT2D eigenvalue weighted by Gasteiger charge is -2.36. The normalized spacial score (nSPS) is 13.5. The van der Waals surface area contributed by atoms with Gasteiger partial charge in [0, 0.05) is 44.0 Å². The molecule has 39 heavy (non-hydrogen) atoms. The summed E-state index contributed by atoms with van der Waals surface area (Å²) < 4.78 is 12.3. The van der Waals surface area contributed by atoms with E-state index in [2.05, 4.69) is 26.9 Å². The molecule has 3 aromatic rings. The third-order valence-corrected chi connectivity index (χ3v) is 6.80. The zero-order valence-electron chi connectivity index (χ0n) is 21.4. The summed E-state index contributed by atoms with van der Waals surface area (Å²) in [6, 6.07) is 21.7. The Hall–Kier alpha value is -4.36. The number of anilines is 1. The fraction of sp³-hybridized carbons (Fsp3) is 0.241. The summed E-state index contributed by atoms with van der Waals surface area (Å²) in [5.74, 6) is 0.591. The number of hydrogen-bond donors (Lipinski definition) is 0. The Morgan fingerprint density at radius 1 is 1.08 bits per heavy atom. The third-order valence-electron chi connectivity index (χ3n) is 6.21. The maximum absolute atomic E-state index is 13.2. The first-order chi connectivity index (χ1) is 18.9. The Morgan fingerprint density at radius 3 is 2.38 bits per heavy atom. The average Bonchev–Trinajstić information content (AvgIpc) is 2.96. The molecule has 0 atom stereocenters. The highest BCUT2D eigenvalue weighted by Gasteiger charge is 2.24. The van der Waals surface area contributed by atoms with Gasteiger partial charge in [0.1, 0.15) is 18.2 Å². The molecule has 0 radical (unpaired) electrons. The van der Waals surface area contributed by atoms with Crippen LogP contribution in [0.5, 0.6) is 11.5 Å². The fourth-order valence-electron chi connectivity index (χ4n) is 4.23. The molecular formula is C29H27BrN4O5. The van der Waals surface area contributed by atoms with E-state index in [1.165, 1.54) is 12.1 Å². The number of hydrogen-bond acceptors (Lipinski definition) is 7. The van der Waals surface area contributed by atoms with Gasteiger partial charge in [-0.15, -0.1) is 0 Å².